The first-order chi connectivity index (χ1) is 19.5. The summed E-state index contributed by atoms with van der Waals surface area (Å²) >= 11 is 0. The van der Waals surface area contributed by atoms with Crippen molar-refractivity contribution in [3.63, 3.8) is 0 Å². The molecule has 3 aliphatic carbocycles. The molecule has 0 bridgehead atoms. The summed E-state index contributed by atoms with van der Waals surface area (Å²) in [5.74, 6) is 1.50. The third kappa shape index (κ3) is 6.28. The third-order valence-electron chi connectivity index (χ3n) is 11.1. The second-order valence-electron chi connectivity index (χ2n) is 14.1. The van der Waals surface area contributed by atoms with Crippen LogP contribution in [0.15, 0.2) is 65.8 Å². The summed E-state index contributed by atoms with van der Waals surface area (Å²) in [4.78, 5) is 15.2. The van der Waals surface area contributed by atoms with Crippen molar-refractivity contribution in [3.8, 4) is 0 Å². The van der Waals surface area contributed by atoms with Crippen molar-refractivity contribution in [2.75, 3.05) is 6.54 Å². The van der Waals surface area contributed by atoms with Gasteiger partial charge in [0.15, 0.2) is 0 Å². The summed E-state index contributed by atoms with van der Waals surface area (Å²) in [5.41, 5.74) is 3.48. The molecular formula is C36H51NO4. The molecule has 0 aromatic heterocycles. The Bertz CT molecular complexity index is 1170. The predicted octanol–water partition coefficient (Wildman–Crippen LogP) is 6.14. The first-order valence-corrected chi connectivity index (χ1v) is 16.0. The Labute approximate surface area is 247 Å². The zero-order valence-corrected chi connectivity index (χ0v) is 25.4. The number of nitrogens with zero attached hydrogens (tertiary/aromatic N) is 1. The van der Waals surface area contributed by atoms with Crippen LogP contribution in [0.5, 0.6) is 0 Å². The zero-order chi connectivity index (χ0) is 29.4. The lowest BCUT2D eigenvalue weighted by Crippen LogP contribution is -2.41. The van der Waals surface area contributed by atoms with Gasteiger partial charge in [-0.15, -0.1) is 0 Å². The number of amides is 1. The minimum absolute atomic E-state index is 0.0874. The Kier molecular flexibility index (Phi) is 8.99. The van der Waals surface area contributed by atoms with Crippen molar-refractivity contribution in [2.45, 2.75) is 115 Å². The second kappa shape index (κ2) is 12.2. The number of rotatable bonds is 8. The minimum atomic E-state index is -1.27. The number of hydrogen-bond donors (Lipinski definition) is 3. The number of carbonyl (C=O) groups is 1. The largest absolute Gasteiger partial charge is 0.393 e. The molecular weight excluding hydrogens is 510 g/mol. The monoisotopic (exact) mass is 561 g/mol. The maximum Gasteiger partial charge on any atom is 0.254 e. The molecule has 3 N–H and O–H groups in total. The van der Waals surface area contributed by atoms with Crippen molar-refractivity contribution in [2.24, 2.45) is 23.2 Å². The summed E-state index contributed by atoms with van der Waals surface area (Å²) in [6.07, 6.45) is 13.4. The molecule has 1 aromatic rings. The molecule has 1 heterocycles. The van der Waals surface area contributed by atoms with E-state index in [1.807, 2.05) is 11.0 Å². The number of benzene rings is 1. The smallest absolute Gasteiger partial charge is 0.254 e. The number of aliphatic hydroxyl groups excluding tert-OH is 2. The highest BCUT2D eigenvalue weighted by Crippen LogP contribution is 2.60. The van der Waals surface area contributed by atoms with E-state index in [9.17, 15) is 20.1 Å². The molecule has 4 fully saturated rings. The van der Waals surface area contributed by atoms with Gasteiger partial charge in [-0.3, -0.25) is 4.79 Å². The summed E-state index contributed by atoms with van der Waals surface area (Å²) < 4.78 is 0. The molecule has 41 heavy (non-hydrogen) atoms. The van der Waals surface area contributed by atoms with E-state index in [0.717, 1.165) is 36.8 Å². The number of fused-ring (bicyclic) bond motifs is 1. The van der Waals surface area contributed by atoms with Gasteiger partial charge in [0.25, 0.3) is 5.91 Å². The first-order valence-electron chi connectivity index (χ1n) is 16.0. The van der Waals surface area contributed by atoms with E-state index >= 15 is 0 Å². The quantitative estimate of drug-likeness (QED) is 0.356. The normalized spacial score (nSPS) is 38.6. The highest BCUT2D eigenvalue weighted by atomic mass is 16.3. The summed E-state index contributed by atoms with van der Waals surface area (Å²) in [5, 5.41) is 31.4. The minimum Gasteiger partial charge on any atom is -0.393 e. The number of hydrogen-bond acceptors (Lipinski definition) is 4. The van der Waals surface area contributed by atoms with Crippen LogP contribution in [0, 0.1) is 23.2 Å². The molecule has 5 heteroatoms. The number of aryl methyl sites for hydroxylation is 1. The fraction of sp³-hybridized carbons (Fsp3) is 0.639. The van der Waals surface area contributed by atoms with Crippen LogP contribution in [-0.2, 0) is 11.2 Å². The Morgan fingerprint density at radius 3 is 2.66 bits per heavy atom. The summed E-state index contributed by atoms with van der Waals surface area (Å²) in [6, 6.07) is 10.5. The van der Waals surface area contributed by atoms with Crippen LogP contribution in [0.25, 0.3) is 0 Å². The van der Waals surface area contributed by atoms with Gasteiger partial charge >= 0.3 is 0 Å². The average molecular weight is 562 g/mol. The van der Waals surface area contributed by atoms with Gasteiger partial charge in [-0.05, 0) is 105 Å². The van der Waals surface area contributed by atoms with Crippen molar-refractivity contribution < 1.29 is 20.1 Å². The van der Waals surface area contributed by atoms with Crippen LogP contribution in [-0.4, -0.2) is 56.5 Å². The highest BCUT2D eigenvalue weighted by Gasteiger charge is 2.53. The molecule has 5 rings (SSSR count). The molecule has 1 aliphatic heterocycles. The van der Waals surface area contributed by atoms with Crippen LogP contribution >= 0.6 is 0 Å². The molecule has 1 amide bonds. The van der Waals surface area contributed by atoms with Crippen LogP contribution in [0.1, 0.15) is 90.5 Å². The molecule has 1 aromatic carbocycles. The van der Waals surface area contributed by atoms with Gasteiger partial charge in [0.05, 0.1) is 12.2 Å². The third-order valence-corrected chi connectivity index (χ3v) is 11.1. The molecule has 0 spiro atoms. The van der Waals surface area contributed by atoms with Crippen molar-refractivity contribution >= 4 is 5.91 Å². The number of carbonyl (C=O) groups excluding carboxylic acids is 1. The van der Waals surface area contributed by atoms with Gasteiger partial charge in [0, 0.05) is 25.4 Å². The van der Waals surface area contributed by atoms with Gasteiger partial charge in [-0.1, -0.05) is 68.5 Å². The molecule has 5 nitrogen and oxygen atoms in total. The van der Waals surface area contributed by atoms with Crippen LogP contribution in [0.4, 0.5) is 0 Å². The van der Waals surface area contributed by atoms with Gasteiger partial charge in [-0.2, -0.15) is 0 Å². The number of likely N-dealkylation sites (tertiary alicyclic amines) is 1. The Balaban J connectivity index is 1.26. The molecule has 8 atom stereocenters. The zero-order valence-electron chi connectivity index (χ0n) is 25.4. The predicted molar refractivity (Wildman–Crippen MR) is 164 cm³/mol. The Morgan fingerprint density at radius 2 is 1.90 bits per heavy atom. The van der Waals surface area contributed by atoms with Crippen molar-refractivity contribution in [3.05, 3.63) is 71.3 Å². The Morgan fingerprint density at radius 1 is 1.15 bits per heavy atom. The van der Waals surface area contributed by atoms with E-state index in [1.54, 1.807) is 6.92 Å². The first kappa shape index (κ1) is 30.3. The van der Waals surface area contributed by atoms with E-state index in [1.165, 1.54) is 36.8 Å². The topological polar surface area (TPSA) is 81.0 Å². The lowest BCUT2D eigenvalue weighted by molar-refractivity contribution is -0.142. The molecule has 224 valence electrons. The van der Waals surface area contributed by atoms with E-state index < -0.39 is 17.8 Å². The lowest BCUT2D eigenvalue weighted by Gasteiger charge is -2.45. The van der Waals surface area contributed by atoms with Gasteiger partial charge in [0.2, 0.25) is 0 Å². The molecule has 1 unspecified atom stereocenters. The molecule has 3 saturated carbocycles. The van der Waals surface area contributed by atoms with Crippen molar-refractivity contribution in [1.29, 1.82) is 0 Å². The standard InChI is InChI=1S/C36H51NO4/c1-24(20-29-23-36(4,41)34(40)37(29)19-9-12-26-10-6-5-7-11-26)31-16-17-32-27(13-8-18-35(31,32)3)14-15-28-21-30(38)22-33(39)25(28)2/h5-7,10-11,14-15,24,29-33,38-39,41H,2,8-9,12-13,16-23H2,1,3-4H3/b27-14+,28-15-/t24-,29+,30-,31-,32?,33+,35-,36+/m1/s1. The summed E-state index contributed by atoms with van der Waals surface area (Å²) in [6.45, 7) is 11.4. The SMILES string of the molecule is C=C1/C(=C\C=C2/CCC[C@@]3(C)C2CC[C@@H]3[C@H](C)C[C@H]2C[C@](C)(O)C(=O)N2CCCc2ccccc2)C[C@@H](O)C[C@@H]1O. The van der Waals surface area contributed by atoms with Crippen LogP contribution < -0.4 is 0 Å². The average Bonchev–Trinajstić information content (AvgIpc) is 3.39. The van der Waals surface area contributed by atoms with Gasteiger partial charge < -0.3 is 20.2 Å². The number of aliphatic hydroxyl groups is 3. The van der Waals surface area contributed by atoms with Gasteiger partial charge in [-0.25, -0.2) is 0 Å². The maximum absolute atomic E-state index is 13.2. The maximum atomic E-state index is 13.2. The van der Waals surface area contributed by atoms with E-state index in [0.29, 0.717) is 43.6 Å². The van der Waals surface area contributed by atoms with Crippen molar-refractivity contribution in [1.82, 2.24) is 4.90 Å². The fourth-order valence-electron chi connectivity index (χ4n) is 9.00. The molecule has 1 saturated heterocycles. The molecule has 4 aliphatic rings. The lowest BCUT2D eigenvalue weighted by atomic mass is 9.60. The number of allylic oxidation sites excluding steroid dienone is 3. The van der Waals surface area contributed by atoms with E-state index in [4.69, 9.17) is 0 Å². The molecule has 0 radical (unpaired) electrons. The van der Waals surface area contributed by atoms with Gasteiger partial charge in [0.1, 0.15) is 5.60 Å². The van der Waals surface area contributed by atoms with E-state index in [2.05, 4.69) is 56.8 Å². The van der Waals surface area contributed by atoms with Crippen LogP contribution in [0.3, 0.4) is 0 Å². The Hall–Kier alpha value is -2.21. The van der Waals surface area contributed by atoms with E-state index in [-0.39, 0.29) is 17.4 Å². The fourth-order valence-corrected chi connectivity index (χ4v) is 9.00. The van der Waals surface area contributed by atoms with Crippen LogP contribution in [0.2, 0.25) is 0 Å². The highest BCUT2D eigenvalue weighted by molar-refractivity contribution is 5.87. The summed E-state index contributed by atoms with van der Waals surface area (Å²) in [7, 11) is 0. The second-order valence-corrected chi connectivity index (χ2v) is 14.1.